The monoisotopic (exact) mass is 240 g/mol. The normalized spacial score (nSPS) is 9.27. The van der Waals surface area contributed by atoms with E-state index in [9.17, 15) is 0 Å². The van der Waals surface area contributed by atoms with Gasteiger partial charge in [0.15, 0.2) is 0 Å². The molecule has 6 heteroatoms. The fourth-order valence-corrected chi connectivity index (χ4v) is 2.36. The minimum Gasteiger partial charge on any atom is -0.479 e. The Balaban J connectivity index is 2.59. The number of rotatable bonds is 5. The molecule has 15 heavy (non-hydrogen) atoms. The van der Waals surface area contributed by atoms with Crippen molar-refractivity contribution < 1.29 is 9.47 Å². The largest absolute Gasteiger partial charge is 0.479 e. The smallest absolute Gasteiger partial charge is 0.244 e. The summed E-state index contributed by atoms with van der Waals surface area (Å²) in [5, 5.41) is 8.87. The zero-order valence-electron chi connectivity index (χ0n) is 8.02. The van der Waals surface area contributed by atoms with Crippen LogP contribution in [0.3, 0.4) is 0 Å². The molecule has 0 saturated carbocycles. The second kappa shape index (κ2) is 6.31. The molecule has 1 aromatic heterocycles. The van der Waals surface area contributed by atoms with Crippen LogP contribution in [0, 0.1) is 23.7 Å². The lowest BCUT2D eigenvalue weighted by molar-refractivity contribution is 0.222. The molecule has 0 aliphatic carbocycles. The first-order valence-corrected chi connectivity index (χ1v) is 5.67. The Morgan fingerprint density at radius 2 is 2.47 bits per heavy atom. The highest BCUT2D eigenvalue weighted by Gasteiger charge is 2.14. The summed E-state index contributed by atoms with van der Waals surface area (Å²) >= 11 is 2.60. The fourth-order valence-electron chi connectivity index (χ4n) is 0.789. The van der Waals surface area contributed by atoms with E-state index in [2.05, 4.69) is 10.3 Å². The van der Waals surface area contributed by atoms with Crippen LogP contribution in [0.2, 0.25) is 0 Å². The Bertz CT molecular complexity index is 403. The predicted molar refractivity (Wildman–Crippen MR) is 58.9 cm³/mol. The van der Waals surface area contributed by atoms with Crippen LogP contribution >= 0.6 is 23.3 Å². The number of thioether (sulfide) groups is 1. The van der Waals surface area contributed by atoms with Crippen LogP contribution in [0.5, 0.6) is 5.88 Å². The maximum absolute atomic E-state index is 8.87. The first-order valence-electron chi connectivity index (χ1n) is 3.91. The Labute approximate surface area is 96.4 Å². The fraction of sp³-hybridized carbons (Fsp3) is 0.333. The summed E-state index contributed by atoms with van der Waals surface area (Å²) in [6.45, 7) is 0.269. The van der Waals surface area contributed by atoms with Crippen LogP contribution in [0.1, 0.15) is 5.56 Å². The molecule has 0 fully saturated rings. The van der Waals surface area contributed by atoms with Crippen molar-refractivity contribution in [1.82, 2.24) is 4.37 Å². The van der Waals surface area contributed by atoms with E-state index in [0.717, 1.165) is 4.21 Å². The number of nitrogens with zero attached hydrogens (tertiary/aromatic N) is 2. The SMILES string of the molecule is C#CCOCSc1snc(OC)c1C#N. The molecule has 0 saturated heterocycles. The number of ether oxygens (including phenoxy) is 2. The Kier molecular flexibility index (Phi) is 4.99. The minimum absolute atomic E-state index is 0.269. The summed E-state index contributed by atoms with van der Waals surface area (Å²) in [4.78, 5) is 0. The maximum atomic E-state index is 8.87. The Morgan fingerprint density at radius 1 is 1.67 bits per heavy atom. The highest BCUT2D eigenvalue weighted by atomic mass is 32.2. The highest BCUT2D eigenvalue weighted by Crippen LogP contribution is 2.32. The molecular weight excluding hydrogens is 232 g/mol. The van der Waals surface area contributed by atoms with Crippen LogP contribution in [-0.4, -0.2) is 24.0 Å². The average Bonchev–Trinajstić information content (AvgIpc) is 2.66. The van der Waals surface area contributed by atoms with E-state index in [1.807, 2.05) is 6.07 Å². The molecule has 4 nitrogen and oxygen atoms in total. The molecule has 0 bridgehead atoms. The second-order valence-corrected chi connectivity index (χ2v) is 4.25. The van der Waals surface area contributed by atoms with Crippen molar-refractivity contribution in [3.8, 4) is 24.3 Å². The number of hydrogen-bond donors (Lipinski definition) is 0. The molecular formula is C9H8N2O2S2. The maximum Gasteiger partial charge on any atom is 0.244 e. The lowest BCUT2D eigenvalue weighted by atomic mass is 10.4. The van der Waals surface area contributed by atoms with Crippen molar-refractivity contribution in [2.75, 3.05) is 19.7 Å². The first-order chi connectivity index (χ1) is 7.33. The van der Waals surface area contributed by atoms with Crippen LogP contribution in [0.15, 0.2) is 4.21 Å². The molecule has 0 N–H and O–H groups in total. The molecule has 0 unspecified atom stereocenters. The van der Waals surface area contributed by atoms with Gasteiger partial charge >= 0.3 is 0 Å². The van der Waals surface area contributed by atoms with Crippen molar-refractivity contribution >= 4 is 23.3 Å². The van der Waals surface area contributed by atoms with Gasteiger partial charge in [0.05, 0.1) is 13.0 Å². The molecule has 78 valence electrons. The zero-order valence-corrected chi connectivity index (χ0v) is 9.65. The standard InChI is InChI=1S/C9H8N2O2S2/c1-3-4-13-6-14-9-7(5-10)8(12-2)11-15-9/h1H,4,6H2,2H3. The van der Waals surface area contributed by atoms with Crippen LogP contribution in [0.4, 0.5) is 0 Å². The second-order valence-electron chi connectivity index (χ2n) is 2.28. The first kappa shape index (κ1) is 11.9. The van der Waals surface area contributed by atoms with Gasteiger partial charge in [-0.05, 0) is 11.5 Å². The molecule has 0 amide bonds. The lowest BCUT2D eigenvalue weighted by Gasteiger charge is -1.97. The van der Waals surface area contributed by atoms with Gasteiger partial charge in [-0.2, -0.15) is 9.64 Å². The number of hydrogen-bond acceptors (Lipinski definition) is 6. The zero-order chi connectivity index (χ0) is 11.1. The van der Waals surface area contributed by atoms with Gasteiger partial charge in [0, 0.05) is 0 Å². The van der Waals surface area contributed by atoms with E-state index in [0.29, 0.717) is 17.4 Å². The van der Waals surface area contributed by atoms with E-state index in [1.54, 1.807) is 0 Å². The van der Waals surface area contributed by atoms with E-state index < -0.39 is 0 Å². The van der Waals surface area contributed by atoms with Crippen molar-refractivity contribution in [1.29, 1.82) is 5.26 Å². The molecule has 0 radical (unpaired) electrons. The minimum atomic E-state index is 0.269. The summed E-state index contributed by atoms with van der Waals surface area (Å²) in [5.74, 6) is 3.13. The summed E-state index contributed by atoms with van der Waals surface area (Å²) in [7, 11) is 1.49. The quantitative estimate of drug-likeness (QED) is 0.339. The number of nitriles is 1. The molecule has 0 aliphatic rings. The summed E-state index contributed by atoms with van der Waals surface area (Å²) < 4.78 is 14.8. The number of methoxy groups -OCH3 is 1. The molecule has 0 spiro atoms. The molecule has 1 rings (SSSR count). The van der Waals surface area contributed by atoms with E-state index >= 15 is 0 Å². The van der Waals surface area contributed by atoms with Gasteiger partial charge < -0.3 is 9.47 Å². The third-order valence-electron chi connectivity index (χ3n) is 1.39. The van der Waals surface area contributed by atoms with Crippen molar-refractivity contribution in [3.63, 3.8) is 0 Å². The van der Waals surface area contributed by atoms with Crippen molar-refractivity contribution in [2.24, 2.45) is 0 Å². The van der Waals surface area contributed by atoms with Gasteiger partial charge in [-0.25, -0.2) is 0 Å². The van der Waals surface area contributed by atoms with Crippen molar-refractivity contribution in [3.05, 3.63) is 5.56 Å². The van der Waals surface area contributed by atoms with Gasteiger partial charge in [-0.1, -0.05) is 17.7 Å². The van der Waals surface area contributed by atoms with Crippen LogP contribution < -0.4 is 4.74 Å². The van der Waals surface area contributed by atoms with Gasteiger partial charge in [0.2, 0.25) is 5.88 Å². The van der Waals surface area contributed by atoms with Crippen LogP contribution in [-0.2, 0) is 4.74 Å². The van der Waals surface area contributed by atoms with E-state index in [4.69, 9.17) is 21.2 Å². The van der Waals surface area contributed by atoms with E-state index in [1.165, 1.54) is 30.4 Å². The Morgan fingerprint density at radius 3 is 3.07 bits per heavy atom. The molecule has 0 aliphatic heterocycles. The summed E-state index contributed by atoms with van der Waals surface area (Å²) in [6.07, 6.45) is 5.02. The van der Waals surface area contributed by atoms with E-state index in [-0.39, 0.29) is 6.61 Å². The lowest BCUT2D eigenvalue weighted by Crippen LogP contribution is -1.90. The van der Waals surface area contributed by atoms with Crippen molar-refractivity contribution in [2.45, 2.75) is 4.21 Å². The van der Waals surface area contributed by atoms with Crippen LogP contribution in [0.25, 0.3) is 0 Å². The molecule has 1 heterocycles. The van der Waals surface area contributed by atoms with Gasteiger partial charge in [0.25, 0.3) is 0 Å². The summed E-state index contributed by atoms with van der Waals surface area (Å²) in [5.41, 5.74) is 0.455. The topological polar surface area (TPSA) is 55.1 Å². The molecule has 1 aromatic rings. The molecule has 0 atom stereocenters. The summed E-state index contributed by atoms with van der Waals surface area (Å²) in [6, 6.07) is 2.04. The average molecular weight is 240 g/mol. The number of terminal acetylenes is 1. The Hall–Kier alpha value is -1.21. The predicted octanol–water partition coefficient (Wildman–Crippen LogP) is 1.72. The number of aromatic nitrogens is 1. The van der Waals surface area contributed by atoms with Gasteiger partial charge in [-0.3, -0.25) is 0 Å². The third-order valence-corrected chi connectivity index (χ3v) is 3.35. The highest BCUT2D eigenvalue weighted by molar-refractivity contribution is 8.00. The van der Waals surface area contributed by atoms with Gasteiger partial charge in [0.1, 0.15) is 22.4 Å². The third kappa shape index (κ3) is 3.14. The van der Waals surface area contributed by atoms with Gasteiger partial charge in [-0.15, -0.1) is 6.42 Å². The molecule has 0 aromatic carbocycles.